The minimum Gasteiger partial charge on any atom is -0.369 e. The van der Waals surface area contributed by atoms with Gasteiger partial charge in [-0.25, -0.2) is 15.0 Å². The third-order valence-electron chi connectivity index (χ3n) is 4.72. The van der Waals surface area contributed by atoms with Gasteiger partial charge in [-0.15, -0.1) is 11.3 Å². The summed E-state index contributed by atoms with van der Waals surface area (Å²) < 4.78 is 1.08. The highest BCUT2D eigenvalue weighted by Crippen LogP contribution is 2.37. The average Bonchev–Trinajstić information content (AvgIpc) is 2.93. The second-order valence-electron chi connectivity index (χ2n) is 6.45. The number of hydrogen-bond donors (Lipinski definition) is 1. The van der Waals surface area contributed by atoms with E-state index in [1.165, 1.54) is 5.56 Å². The zero-order chi connectivity index (χ0) is 17.6. The minimum absolute atomic E-state index is 0.279. The predicted molar refractivity (Wildman–Crippen MR) is 100 cm³/mol. The third-order valence-corrected chi connectivity index (χ3v) is 5.81. The molecule has 0 aliphatic carbocycles. The molecule has 1 aliphatic heterocycles. The largest absolute Gasteiger partial charge is 0.369 e. The number of carbonyl (C=O) groups excluding carboxylic acids is 1. The number of carbonyl (C=O) groups is 1. The zero-order valence-corrected chi connectivity index (χ0v) is 15.1. The van der Waals surface area contributed by atoms with E-state index in [-0.39, 0.29) is 5.91 Å². The van der Waals surface area contributed by atoms with Crippen LogP contribution in [-0.2, 0) is 4.79 Å². The molecule has 4 rings (SSSR count). The first kappa shape index (κ1) is 16.2. The molecule has 1 fully saturated rings. The highest BCUT2D eigenvalue weighted by Gasteiger charge is 2.22. The van der Waals surface area contributed by atoms with E-state index in [0.717, 1.165) is 58.1 Å². The van der Waals surface area contributed by atoms with Crippen LogP contribution in [0.1, 0.15) is 11.3 Å². The van der Waals surface area contributed by atoms with Crippen molar-refractivity contribution in [1.29, 1.82) is 0 Å². The summed E-state index contributed by atoms with van der Waals surface area (Å²) in [7, 11) is 0. The molecule has 3 aromatic heterocycles. The molecule has 130 valence electrons. The Balaban J connectivity index is 1.70. The fourth-order valence-corrected chi connectivity index (χ4v) is 4.42. The van der Waals surface area contributed by atoms with E-state index in [2.05, 4.69) is 32.8 Å². The van der Waals surface area contributed by atoms with E-state index in [0.29, 0.717) is 6.54 Å². The van der Waals surface area contributed by atoms with Crippen LogP contribution >= 0.6 is 11.3 Å². The SMILES string of the molecule is Cc1cc2c(nc1C)sc1c(N3CCN(CC(N)=O)CC3)ncnc12. The number of aryl methyl sites for hydroxylation is 2. The number of nitrogens with two attached hydrogens (primary N) is 1. The standard InChI is InChI=1S/C17H20N6OS/c1-10-7-12-14-15(25-17(12)21-11(10)2)16(20-9-19-14)23-5-3-22(4-6-23)8-13(18)24/h7,9H,3-6,8H2,1-2H3,(H2,18,24). The van der Waals surface area contributed by atoms with Crippen molar-refractivity contribution in [2.24, 2.45) is 5.73 Å². The molecule has 0 saturated carbocycles. The lowest BCUT2D eigenvalue weighted by molar-refractivity contribution is -0.119. The fraction of sp³-hybridized carbons (Fsp3) is 0.412. The lowest BCUT2D eigenvalue weighted by atomic mass is 10.2. The number of piperazine rings is 1. The van der Waals surface area contributed by atoms with E-state index in [9.17, 15) is 4.79 Å². The molecule has 0 spiro atoms. The topological polar surface area (TPSA) is 88.2 Å². The summed E-state index contributed by atoms with van der Waals surface area (Å²) in [6, 6.07) is 2.16. The van der Waals surface area contributed by atoms with E-state index >= 15 is 0 Å². The third kappa shape index (κ3) is 2.91. The maximum Gasteiger partial charge on any atom is 0.231 e. The van der Waals surface area contributed by atoms with Crippen LogP contribution in [0, 0.1) is 13.8 Å². The predicted octanol–water partition coefficient (Wildman–Crippen LogP) is 1.46. The van der Waals surface area contributed by atoms with Gasteiger partial charge >= 0.3 is 0 Å². The van der Waals surface area contributed by atoms with Crippen LogP contribution in [0.2, 0.25) is 0 Å². The van der Waals surface area contributed by atoms with Gasteiger partial charge in [0.05, 0.1) is 16.8 Å². The Labute approximate surface area is 149 Å². The first-order valence-electron chi connectivity index (χ1n) is 8.30. The first-order chi connectivity index (χ1) is 12.0. The Hall–Kier alpha value is -2.32. The summed E-state index contributed by atoms with van der Waals surface area (Å²) in [4.78, 5) is 30.2. The Morgan fingerprint density at radius 1 is 1.24 bits per heavy atom. The van der Waals surface area contributed by atoms with Crippen LogP contribution in [0.5, 0.6) is 0 Å². The first-order valence-corrected chi connectivity index (χ1v) is 9.11. The molecule has 1 saturated heterocycles. The Morgan fingerprint density at radius 3 is 2.72 bits per heavy atom. The summed E-state index contributed by atoms with van der Waals surface area (Å²) in [6.45, 7) is 7.66. The lowest BCUT2D eigenvalue weighted by Crippen LogP contribution is -2.49. The molecule has 8 heteroatoms. The number of hydrogen-bond acceptors (Lipinski definition) is 7. The minimum atomic E-state index is -0.279. The lowest BCUT2D eigenvalue weighted by Gasteiger charge is -2.34. The molecular weight excluding hydrogens is 336 g/mol. The van der Waals surface area contributed by atoms with Crippen molar-refractivity contribution in [2.75, 3.05) is 37.6 Å². The molecular formula is C17H20N6OS. The normalized spacial score (nSPS) is 16.0. The second kappa shape index (κ2) is 6.20. The Kier molecular flexibility index (Phi) is 4.01. The highest BCUT2D eigenvalue weighted by molar-refractivity contribution is 7.25. The van der Waals surface area contributed by atoms with Crippen molar-refractivity contribution in [3.63, 3.8) is 0 Å². The maximum absolute atomic E-state index is 11.1. The Bertz CT molecular complexity index is 961. The van der Waals surface area contributed by atoms with Gasteiger partial charge < -0.3 is 10.6 Å². The van der Waals surface area contributed by atoms with Crippen molar-refractivity contribution >= 4 is 43.5 Å². The maximum atomic E-state index is 11.1. The zero-order valence-electron chi connectivity index (χ0n) is 14.3. The number of amides is 1. The van der Waals surface area contributed by atoms with E-state index in [1.807, 2.05) is 6.92 Å². The van der Waals surface area contributed by atoms with Crippen molar-refractivity contribution < 1.29 is 4.79 Å². The van der Waals surface area contributed by atoms with Gasteiger partial charge in [-0.3, -0.25) is 9.69 Å². The smallest absolute Gasteiger partial charge is 0.231 e. The number of aromatic nitrogens is 3. The molecule has 25 heavy (non-hydrogen) atoms. The van der Waals surface area contributed by atoms with Gasteiger partial charge in [-0.05, 0) is 25.5 Å². The molecule has 1 amide bonds. The number of pyridine rings is 1. The number of anilines is 1. The summed E-state index contributed by atoms with van der Waals surface area (Å²) >= 11 is 1.65. The molecule has 0 aromatic carbocycles. The van der Waals surface area contributed by atoms with E-state index < -0.39 is 0 Å². The van der Waals surface area contributed by atoms with Crippen LogP contribution in [0.4, 0.5) is 5.82 Å². The van der Waals surface area contributed by atoms with Gasteiger partial charge in [-0.1, -0.05) is 0 Å². The highest BCUT2D eigenvalue weighted by atomic mass is 32.1. The number of fused-ring (bicyclic) bond motifs is 3. The van der Waals surface area contributed by atoms with Crippen LogP contribution in [0.3, 0.4) is 0 Å². The molecule has 0 atom stereocenters. The Morgan fingerprint density at radius 2 is 2.00 bits per heavy atom. The second-order valence-corrected chi connectivity index (χ2v) is 7.45. The van der Waals surface area contributed by atoms with Crippen LogP contribution in [-0.4, -0.2) is 58.5 Å². The molecule has 2 N–H and O–H groups in total. The van der Waals surface area contributed by atoms with Gasteiger partial charge in [-0.2, -0.15) is 0 Å². The number of thiophene rings is 1. The van der Waals surface area contributed by atoms with Gasteiger partial charge in [0, 0.05) is 37.3 Å². The van der Waals surface area contributed by atoms with Gasteiger partial charge in [0.15, 0.2) is 0 Å². The molecule has 0 unspecified atom stereocenters. The van der Waals surface area contributed by atoms with Gasteiger partial charge in [0.1, 0.15) is 17.0 Å². The quantitative estimate of drug-likeness (QED) is 0.764. The molecule has 0 radical (unpaired) electrons. The summed E-state index contributed by atoms with van der Waals surface area (Å²) in [6.07, 6.45) is 1.63. The van der Waals surface area contributed by atoms with E-state index in [1.54, 1.807) is 17.7 Å². The average molecular weight is 356 g/mol. The molecule has 4 heterocycles. The number of nitrogens with zero attached hydrogens (tertiary/aromatic N) is 5. The van der Waals surface area contributed by atoms with E-state index in [4.69, 9.17) is 10.7 Å². The molecule has 7 nitrogen and oxygen atoms in total. The summed E-state index contributed by atoms with van der Waals surface area (Å²) in [5.41, 5.74) is 8.49. The summed E-state index contributed by atoms with van der Waals surface area (Å²) in [5, 5.41) is 1.10. The van der Waals surface area contributed by atoms with Crippen molar-refractivity contribution in [2.45, 2.75) is 13.8 Å². The summed E-state index contributed by atoms with van der Waals surface area (Å²) in [5.74, 6) is 0.682. The van der Waals surface area contributed by atoms with Gasteiger partial charge in [0.2, 0.25) is 5.91 Å². The van der Waals surface area contributed by atoms with Gasteiger partial charge in [0.25, 0.3) is 0 Å². The molecule has 0 bridgehead atoms. The number of primary amides is 1. The molecule has 3 aromatic rings. The van der Waals surface area contributed by atoms with Crippen molar-refractivity contribution in [1.82, 2.24) is 19.9 Å². The van der Waals surface area contributed by atoms with Crippen LogP contribution in [0.15, 0.2) is 12.4 Å². The number of rotatable bonds is 3. The van der Waals surface area contributed by atoms with Crippen molar-refractivity contribution in [3.8, 4) is 0 Å². The van der Waals surface area contributed by atoms with Crippen molar-refractivity contribution in [3.05, 3.63) is 23.7 Å². The fourth-order valence-electron chi connectivity index (χ4n) is 3.24. The molecule has 1 aliphatic rings. The monoisotopic (exact) mass is 356 g/mol. The van der Waals surface area contributed by atoms with Crippen LogP contribution in [0.25, 0.3) is 20.4 Å². The van der Waals surface area contributed by atoms with Crippen LogP contribution < -0.4 is 10.6 Å².